The van der Waals surface area contributed by atoms with Crippen LogP contribution in [-0.4, -0.2) is 28.7 Å². The van der Waals surface area contributed by atoms with E-state index in [4.69, 9.17) is 0 Å². The number of carbonyl (C=O) groups excluding carboxylic acids is 2. The maximum Gasteiger partial charge on any atom is 0.269 e. The molecule has 7 nitrogen and oxygen atoms in total. The zero-order valence-electron chi connectivity index (χ0n) is 15.9. The second-order valence-electron chi connectivity index (χ2n) is 6.45. The third-order valence-electron chi connectivity index (χ3n) is 4.60. The molecule has 0 spiro atoms. The lowest BCUT2D eigenvalue weighted by atomic mass is 10.1. The van der Waals surface area contributed by atoms with Crippen molar-refractivity contribution in [1.29, 1.82) is 0 Å². The maximum atomic E-state index is 12.8. The molecule has 3 rings (SSSR count). The molecule has 1 N–H and O–H groups in total. The first kappa shape index (κ1) is 20.2. The van der Waals surface area contributed by atoms with Crippen LogP contribution in [0.25, 0.3) is 0 Å². The molecule has 148 valence electrons. The number of rotatable bonds is 6. The fourth-order valence-electron chi connectivity index (χ4n) is 2.80. The standard InChI is InChI=1S/C21H19N3O4S/c1-14(16-5-3-6-18(13-16)24(27)28)23(2)21(26)15-8-10-17(11-9-15)22-20(25)19-7-4-12-29-19/h3-14H,1-2H3,(H,22,25)/t14-/m0/s1. The van der Waals surface area contributed by atoms with Crippen LogP contribution in [0.15, 0.2) is 66.0 Å². The summed E-state index contributed by atoms with van der Waals surface area (Å²) in [6.45, 7) is 1.81. The largest absolute Gasteiger partial charge is 0.335 e. The van der Waals surface area contributed by atoms with Gasteiger partial charge in [-0.15, -0.1) is 11.3 Å². The Morgan fingerprint density at radius 3 is 2.45 bits per heavy atom. The highest BCUT2D eigenvalue weighted by molar-refractivity contribution is 7.12. The average molecular weight is 409 g/mol. The molecular formula is C21H19N3O4S. The van der Waals surface area contributed by atoms with E-state index in [1.807, 2.05) is 12.3 Å². The van der Waals surface area contributed by atoms with Crippen molar-refractivity contribution in [3.8, 4) is 0 Å². The molecule has 8 heteroatoms. The van der Waals surface area contributed by atoms with Crippen molar-refractivity contribution >= 4 is 34.5 Å². The number of carbonyl (C=O) groups is 2. The van der Waals surface area contributed by atoms with Gasteiger partial charge in [0.05, 0.1) is 15.8 Å². The highest BCUT2D eigenvalue weighted by atomic mass is 32.1. The van der Waals surface area contributed by atoms with Crippen molar-refractivity contribution in [2.45, 2.75) is 13.0 Å². The molecule has 1 atom stereocenters. The number of nitro groups is 1. The SMILES string of the molecule is C[C@@H](c1cccc([N+](=O)[O-])c1)N(C)C(=O)c1ccc(NC(=O)c2cccs2)cc1. The predicted molar refractivity (Wildman–Crippen MR) is 112 cm³/mol. The van der Waals surface area contributed by atoms with Gasteiger partial charge in [0.25, 0.3) is 17.5 Å². The van der Waals surface area contributed by atoms with E-state index >= 15 is 0 Å². The molecule has 29 heavy (non-hydrogen) atoms. The van der Waals surface area contributed by atoms with Gasteiger partial charge in [0, 0.05) is 30.4 Å². The van der Waals surface area contributed by atoms with Crippen LogP contribution < -0.4 is 5.32 Å². The summed E-state index contributed by atoms with van der Waals surface area (Å²) in [5, 5.41) is 15.6. The van der Waals surface area contributed by atoms with Crippen LogP contribution in [-0.2, 0) is 0 Å². The van der Waals surface area contributed by atoms with Crippen LogP contribution in [0, 0.1) is 10.1 Å². The summed E-state index contributed by atoms with van der Waals surface area (Å²) in [6, 6.07) is 16.1. The smallest absolute Gasteiger partial charge is 0.269 e. The summed E-state index contributed by atoms with van der Waals surface area (Å²) in [7, 11) is 1.65. The van der Waals surface area contributed by atoms with Gasteiger partial charge in [-0.3, -0.25) is 19.7 Å². The van der Waals surface area contributed by atoms with Crippen LogP contribution in [0.2, 0.25) is 0 Å². The van der Waals surface area contributed by atoms with Gasteiger partial charge < -0.3 is 10.2 Å². The molecule has 0 unspecified atom stereocenters. The molecule has 1 aromatic heterocycles. The molecule has 0 aliphatic heterocycles. The minimum absolute atomic E-state index is 0.0129. The number of nitrogens with one attached hydrogen (secondary N) is 1. The first-order valence-corrected chi connectivity index (χ1v) is 9.71. The molecule has 0 bridgehead atoms. The van der Waals surface area contributed by atoms with E-state index < -0.39 is 4.92 Å². The van der Waals surface area contributed by atoms with Crippen molar-refractivity contribution in [2.75, 3.05) is 12.4 Å². The van der Waals surface area contributed by atoms with E-state index in [1.165, 1.54) is 28.4 Å². The Morgan fingerprint density at radius 1 is 1.10 bits per heavy atom. The van der Waals surface area contributed by atoms with Crippen LogP contribution in [0.1, 0.15) is 38.6 Å². The summed E-state index contributed by atoms with van der Waals surface area (Å²) in [4.78, 5) is 37.6. The van der Waals surface area contributed by atoms with Crippen LogP contribution in [0.4, 0.5) is 11.4 Å². The lowest BCUT2D eigenvalue weighted by Crippen LogP contribution is -2.29. The van der Waals surface area contributed by atoms with Crippen molar-refractivity contribution in [1.82, 2.24) is 4.90 Å². The van der Waals surface area contributed by atoms with E-state index in [2.05, 4.69) is 5.32 Å². The van der Waals surface area contributed by atoms with Crippen molar-refractivity contribution in [3.05, 3.63) is 92.2 Å². The number of nitrogens with zero attached hydrogens (tertiary/aromatic N) is 2. The summed E-state index contributed by atoms with van der Waals surface area (Å²) >= 11 is 1.35. The monoisotopic (exact) mass is 409 g/mol. The quantitative estimate of drug-likeness (QED) is 0.470. The number of hydrogen-bond donors (Lipinski definition) is 1. The molecule has 0 fully saturated rings. The molecule has 1 heterocycles. The minimum Gasteiger partial charge on any atom is -0.335 e. The molecule has 2 aromatic carbocycles. The van der Waals surface area contributed by atoms with Crippen LogP contribution in [0.5, 0.6) is 0 Å². The number of benzene rings is 2. The second-order valence-corrected chi connectivity index (χ2v) is 7.40. The van der Waals surface area contributed by atoms with Gasteiger partial charge in [-0.2, -0.15) is 0 Å². The molecular weight excluding hydrogens is 390 g/mol. The van der Waals surface area contributed by atoms with Gasteiger partial charge in [-0.05, 0) is 48.2 Å². The lowest BCUT2D eigenvalue weighted by molar-refractivity contribution is -0.384. The number of thiophene rings is 1. The third kappa shape index (κ3) is 4.67. The van der Waals surface area contributed by atoms with E-state index in [0.29, 0.717) is 21.7 Å². The Hall–Kier alpha value is -3.52. The highest BCUT2D eigenvalue weighted by Crippen LogP contribution is 2.24. The summed E-state index contributed by atoms with van der Waals surface area (Å²) < 4.78 is 0. The maximum absolute atomic E-state index is 12.8. The number of non-ortho nitro benzene ring substituents is 1. The molecule has 2 amide bonds. The number of amides is 2. The van der Waals surface area contributed by atoms with Gasteiger partial charge in [0.1, 0.15) is 0 Å². The zero-order chi connectivity index (χ0) is 21.0. The van der Waals surface area contributed by atoms with Crippen LogP contribution >= 0.6 is 11.3 Å². The van der Waals surface area contributed by atoms with Crippen molar-refractivity contribution < 1.29 is 14.5 Å². The van der Waals surface area contributed by atoms with Crippen LogP contribution in [0.3, 0.4) is 0 Å². The molecule has 0 aliphatic rings. The van der Waals surface area contributed by atoms with Gasteiger partial charge in [0.15, 0.2) is 0 Å². The Morgan fingerprint density at radius 2 is 1.83 bits per heavy atom. The van der Waals surface area contributed by atoms with Gasteiger partial charge >= 0.3 is 0 Å². The third-order valence-corrected chi connectivity index (χ3v) is 5.47. The van der Waals surface area contributed by atoms with E-state index in [-0.39, 0.29) is 23.5 Å². The Balaban J connectivity index is 1.70. The number of hydrogen-bond acceptors (Lipinski definition) is 5. The average Bonchev–Trinajstić information content (AvgIpc) is 3.28. The molecule has 0 saturated carbocycles. The first-order valence-electron chi connectivity index (χ1n) is 8.83. The fourth-order valence-corrected chi connectivity index (χ4v) is 3.42. The minimum atomic E-state index is -0.457. The van der Waals surface area contributed by atoms with Gasteiger partial charge in [-0.1, -0.05) is 18.2 Å². The summed E-state index contributed by atoms with van der Waals surface area (Å²) in [5.74, 6) is -0.421. The lowest BCUT2D eigenvalue weighted by Gasteiger charge is -2.25. The predicted octanol–water partition coefficient (Wildman–Crippen LogP) is 4.74. The summed E-state index contributed by atoms with van der Waals surface area (Å²) in [6.07, 6.45) is 0. The fraction of sp³-hybridized carbons (Fsp3) is 0.143. The Labute approximate surface area is 171 Å². The topological polar surface area (TPSA) is 92.6 Å². The van der Waals surface area contributed by atoms with Crippen molar-refractivity contribution in [3.63, 3.8) is 0 Å². The summed E-state index contributed by atoms with van der Waals surface area (Å²) in [5.41, 5.74) is 1.71. The second kappa shape index (κ2) is 8.66. The number of nitro benzene ring substituents is 1. The Bertz CT molecular complexity index is 1030. The normalized spacial score (nSPS) is 11.5. The Kier molecular flexibility index (Phi) is 6.04. The molecule has 0 saturated heterocycles. The molecule has 0 aliphatic carbocycles. The highest BCUT2D eigenvalue weighted by Gasteiger charge is 2.20. The van der Waals surface area contributed by atoms with Crippen molar-refractivity contribution in [2.24, 2.45) is 0 Å². The van der Waals surface area contributed by atoms with Gasteiger partial charge in [0.2, 0.25) is 0 Å². The van der Waals surface area contributed by atoms with E-state index in [1.54, 1.807) is 55.6 Å². The molecule has 3 aromatic rings. The zero-order valence-corrected chi connectivity index (χ0v) is 16.7. The number of anilines is 1. The van der Waals surface area contributed by atoms with E-state index in [0.717, 1.165) is 0 Å². The van der Waals surface area contributed by atoms with Gasteiger partial charge in [-0.25, -0.2) is 0 Å². The molecule has 0 radical (unpaired) electrons. The first-order chi connectivity index (χ1) is 13.9. The van der Waals surface area contributed by atoms with E-state index in [9.17, 15) is 19.7 Å².